The maximum Gasteiger partial charge on any atom is 0.273 e. The first kappa shape index (κ1) is 22.1. The van der Waals surface area contributed by atoms with Crippen LogP contribution in [0.15, 0.2) is 97.1 Å². The fourth-order valence-electron chi connectivity index (χ4n) is 5.93. The van der Waals surface area contributed by atoms with E-state index in [2.05, 4.69) is 46.4 Å². The van der Waals surface area contributed by atoms with E-state index in [1.54, 1.807) is 0 Å². The Labute approximate surface area is 233 Å². The molecule has 0 aliphatic carbocycles. The van der Waals surface area contributed by atoms with Crippen molar-refractivity contribution in [2.24, 2.45) is 7.05 Å². The molecule has 0 saturated carbocycles. The minimum atomic E-state index is 0.609. The number of H-pyrrole nitrogens is 2. The molecule has 0 radical (unpaired) electrons. The van der Waals surface area contributed by atoms with Gasteiger partial charge in [0, 0.05) is 32.7 Å². The summed E-state index contributed by atoms with van der Waals surface area (Å²) in [5.74, 6) is 2.84. The number of aromatic nitrogens is 8. The molecule has 0 fully saturated rings. The lowest BCUT2D eigenvalue weighted by Crippen LogP contribution is -2.30. The van der Waals surface area contributed by atoms with Crippen LogP contribution in [0.5, 0.6) is 0 Å². The van der Waals surface area contributed by atoms with Gasteiger partial charge in [0.15, 0.2) is 11.6 Å². The molecule has 2 aliphatic heterocycles. The van der Waals surface area contributed by atoms with Crippen LogP contribution in [0.1, 0.15) is 0 Å². The van der Waals surface area contributed by atoms with Gasteiger partial charge in [-0.2, -0.15) is 0 Å². The summed E-state index contributed by atoms with van der Waals surface area (Å²) in [6, 6.07) is 32.7. The minimum Gasteiger partial charge on any atom is -0.310 e. The largest absolute Gasteiger partial charge is 0.310 e. The Balaban J connectivity index is 1.53. The van der Waals surface area contributed by atoms with E-state index in [0.717, 1.165) is 66.7 Å². The van der Waals surface area contributed by atoms with E-state index in [0.29, 0.717) is 22.9 Å². The number of hydrogen-bond donors (Lipinski definition) is 2. The summed E-state index contributed by atoms with van der Waals surface area (Å²) in [6.07, 6.45) is 0. The summed E-state index contributed by atoms with van der Waals surface area (Å²) in [6.45, 7) is 0. The van der Waals surface area contributed by atoms with E-state index in [-0.39, 0.29) is 0 Å². The number of benzene rings is 4. The van der Waals surface area contributed by atoms with Crippen LogP contribution < -0.4 is 4.57 Å². The molecule has 2 aliphatic rings. The summed E-state index contributed by atoms with van der Waals surface area (Å²) in [4.78, 5) is 32.4. The van der Waals surface area contributed by atoms with Crippen molar-refractivity contribution in [3.63, 3.8) is 0 Å². The van der Waals surface area contributed by atoms with Gasteiger partial charge in [-0.05, 0) is 24.3 Å². The highest BCUT2D eigenvalue weighted by Gasteiger charge is 2.29. The van der Waals surface area contributed by atoms with Crippen molar-refractivity contribution >= 4 is 44.1 Å². The number of aromatic amines is 2. The summed E-state index contributed by atoms with van der Waals surface area (Å²) >= 11 is 0. The normalized spacial score (nSPS) is 12.0. The number of fused-ring (bicyclic) bond motifs is 20. The van der Waals surface area contributed by atoms with Crippen LogP contribution in [0.2, 0.25) is 0 Å². The van der Waals surface area contributed by atoms with Gasteiger partial charge < -0.3 is 9.97 Å². The average molecular weight is 530 g/mol. The van der Waals surface area contributed by atoms with Crippen molar-refractivity contribution in [2.75, 3.05) is 0 Å². The monoisotopic (exact) mass is 529 g/mol. The lowest BCUT2D eigenvalue weighted by Gasteiger charge is -1.96. The van der Waals surface area contributed by atoms with E-state index >= 15 is 0 Å². The quantitative estimate of drug-likeness (QED) is 0.225. The molecule has 0 saturated heterocycles. The Bertz CT molecular complexity index is 2240. The standard InChI is InChI=1S/C33H20N8/c1-41-32-24-16-8-9-17-25(24)33(41)40-31-23-15-7-5-13-21(23)29(38-31)36-27-19-11-3-2-10-18(19)26(34-27)35-28-20-12-4-6-14-22(20)30(37-28)39-32/h2-17H,1H3,(H,34,35,36,37,38,39,40)/p+1. The van der Waals surface area contributed by atoms with Crippen LogP contribution in [-0.2, 0) is 7.05 Å². The molecule has 7 aromatic rings. The van der Waals surface area contributed by atoms with E-state index in [4.69, 9.17) is 24.9 Å². The highest BCUT2D eigenvalue weighted by Crippen LogP contribution is 2.35. The molecule has 0 atom stereocenters. The van der Waals surface area contributed by atoms with Crippen molar-refractivity contribution in [3.05, 3.63) is 97.1 Å². The first-order chi connectivity index (χ1) is 20.2. The highest BCUT2D eigenvalue weighted by molar-refractivity contribution is 6.06. The molecule has 8 nitrogen and oxygen atoms in total. The lowest BCUT2D eigenvalue weighted by molar-refractivity contribution is -0.650. The second-order valence-electron chi connectivity index (χ2n) is 10.2. The van der Waals surface area contributed by atoms with Gasteiger partial charge in [0.05, 0.1) is 18.2 Å². The third kappa shape index (κ3) is 3.15. The zero-order chi connectivity index (χ0) is 27.1. The van der Waals surface area contributed by atoms with Gasteiger partial charge in [-0.3, -0.25) is 0 Å². The minimum absolute atomic E-state index is 0.609. The maximum atomic E-state index is 5.19. The Hall–Kier alpha value is -5.76. The molecule has 8 heteroatoms. The summed E-state index contributed by atoms with van der Waals surface area (Å²) in [5.41, 5.74) is 6.79. The lowest BCUT2D eigenvalue weighted by atomic mass is 10.1. The summed E-state index contributed by atoms with van der Waals surface area (Å²) < 4.78 is 2.05. The van der Waals surface area contributed by atoms with E-state index in [9.17, 15) is 0 Å². The van der Waals surface area contributed by atoms with Crippen molar-refractivity contribution in [1.29, 1.82) is 0 Å². The molecule has 2 N–H and O–H groups in total. The molecule has 192 valence electrons. The van der Waals surface area contributed by atoms with Crippen molar-refractivity contribution in [3.8, 4) is 45.6 Å². The van der Waals surface area contributed by atoms with Gasteiger partial charge in [0.1, 0.15) is 11.3 Å². The second-order valence-corrected chi connectivity index (χ2v) is 10.2. The Morgan fingerprint density at radius 2 is 0.756 bits per heavy atom. The molecular weight excluding hydrogens is 508 g/mol. The van der Waals surface area contributed by atoms with Crippen LogP contribution >= 0.6 is 0 Å². The molecule has 0 unspecified atom stereocenters. The predicted molar refractivity (Wildman–Crippen MR) is 159 cm³/mol. The van der Waals surface area contributed by atoms with Gasteiger partial charge in [-0.25, -0.2) is 19.5 Å². The topological polar surface area (TPSA) is 99.9 Å². The van der Waals surface area contributed by atoms with Crippen LogP contribution in [0.25, 0.3) is 89.7 Å². The van der Waals surface area contributed by atoms with Crippen molar-refractivity contribution in [1.82, 2.24) is 34.9 Å². The number of rotatable bonds is 0. The molecule has 3 aromatic heterocycles. The third-order valence-electron chi connectivity index (χ3n) is 7.88. The Kier molecular flexibility index (Phi) is 4.38. The SMILES string of the molecule is C[n+]1c2nc3[nH]c(nc4nc(nc5[nH]c(nc1-c1ccccc1-2)c1ccccc51)-c1ccccc1-4)c1ccccc31. The Morgan fingerprint density at radius 3 is 1.17 bits per heavy atom. The van der Waals surface area contributed by atoms with Gasteiger partial charge in [0.25, 0.3) is 11.6 Å². The van der Waals surface area contributed by atoms with E-state index in [1.165, 1.54) is 0 Å². The van der Waals surface area contributed by atoms with Gasteiger partial charge in [-0.1, -0.05) is 82.8 Å². The molecule has 5 heterocycles. The third-order valence-corrected chi connectivity index (χ3v) is 7.88. The zero-order valence-corrected chi connectivity index (χ0v) is 21.9. The van der Waals surface area contributed by atoms with Gasteiger partial charge in [0.2, 0.25) is 11.3 Å². The van der Waals surface area contributed by atoms with E-state index < -0.39 is 0 Å². The predicted octanol–water partition coefficient (Wildman–Crippen LogP) is 6.30. The average Bonchev–Trinajstić information content (AvgIpc) is 3.72. The fourth-order valence-corrected chi connectivity index (χ4v) is 5.93. The van der Waals surface area contributed by atoms with E-state index in [1.807, 2.05) is 72.3 Å². The highest BCUT2D eigenvalue weighted by atomic mass is 15.1. The number of nitrogens with one attached hydrogen (secondary N) is 2. The molecule has 41 heavy (non-hydrogen) atoms. The van der Waals surface area contributed by atoms with Crippen molar-refractivity contribution in [2.45, 2.75) is 0 Å². The van der Waals surface area contributed by atoms with Crippen LogP contribution in [0.4, 0.5) is 0 Å². The first-order valence-electron chi connectivity index (χ1n) is 13.4. The van der Waals surface area contributed by atoms with Crippen LogP contribution in [0.3, 0.4) is 0 Å². The second kappa shape index (κ2) is 8.12. The number of hydrogen-bond acceptors (Lipinski definition) is 5. The number of nitrogens with zero attached hydrogens (tertiary/aromatic N) is 6. The molecular formula is C33H21N8+. The molecule has 4 aromatic carbocycles. The van der Waals surface area contributed by atoms with Crippen LogP contribution in [0, 0.1) is 0 Å². The summed E-state index contributed by atoms with van der Waals surface area (Å²) in [5, 5.41) is 3.92. The summed E-state index contributed by atoms with van der Waals surface area (Å²) in [7, 11) is 2.01. The maximum absolute atomic E-state index is 5.19. The molecule has 8 bridgehead atoms. The molecule has 0 amide bonds. The Morgan fingerprint density at radius 1 is 0.415 bits per heavy atom. The molecule has 9 rings (SSSR count). The van der Waals surface area contributed by atoms with Gasteiger partial charge in [-0.15, -0.1) is 0 Å². The van der Waals surface area contributed by atoms with Crippen molar-refractivity contribution < 1.29 is 4.57 Å². The zero-order valence-electron chi connectivity index (χ0n) is 21.9. The fraction of sp³-hybridized carbons (Fsp3) is 0.0303. The smallest absolute Gasteiger partial charge is 0.273 e. The van der Waals surface area contributed by atoms with Crippen LogP contribution in [-0.4, -0.2) is 34.9 Å². The first-order valence-corrected chi connectivity index (χ1v) is 13.4. The van der Waals surface area contributed by atoms with Gasteiger partial charge >= 0.3 is 0 Å². The molecule has 0 spiro atoms.